The van der Waals surface area contributed by atoms with Gasteiger partial charge in [-0.25, -0.2) is 0 Å². The molecule has 2 rings (SSSR count). The van der Waals surface area contributed by atoms with Crippen molar-refractivity contribution in [3.63, 3.8) is 0 Å². The summed E-state index contributed by atoms with van der Waals surface area (Å²) in [5, 5.41) is 0. The Labute approximate surface area is 105 Å². The number of hydrogen-bond donors (Lipinski definition) is 0. The molecule has 1 amide bonds. The summed E-state index contributed by atoms with van der Waals surface area (Å²) < 4.78 is 0. The van der Waals surface area contributed by atoms with E-state index in [2.05, 4.69) is 16.8 Å². The molecule has 0 bridgehead atoms. The first-order valence-electron chi connectivity index (χ1n) is 7.22. The zero-order chi connectivity index (χ0) is 12.1. The van der Waals surface area contributed by atoms with Crippen LogP contribution in [0.4, 0.5) is 0 Å². The van der Waals surface area contributed by atoms with Gasteiger partial charge in [0.05, 0.1) is 0 Å². The quantitative estimate of drug-likeness (QED) is 0.735. The number of amides is 1. The second kappa shape index (κ2) is 6.39. The number of carbonyl (C=O) groups is 1. The molecule has 0 aromatic rings. The lowest BCUT2D eigenvalue weighted by Gasteiger charge is -2.27. The lowest BCUT2D eigenvalue weighted by molar-refractivity contribution is -0.131. The Balaban J connectivity index is 1.86. The largest absolute Gasteiger partial charge is 0.342 e. The van der Waals surface area contributed by atoms with Crippen LogP contribution in [0.25, 0.3) is 0 Å². The van der Waals surface area contributed by atoms with Crippen LogP contribution >= 0.6 is 0 Å². The van der Waals surface area contributed by atoms with Crippen molar-refractivity contribution in [2.45, 2.75) is 44.9 Å². The Bertz CT molecular complexity index is 255. The predicted octanol–water partition coefficient (Wildman–Crippen LogP) is 2.12. The Morgan fingerprint density at radius 3 is 2.82 bits per heavy atom. The van der Waals surface area contributed by atoms with Crippen LogP contribution in [0.15, 0.2) is 0 Å². The van der Waals surface area contributed by atoms with Crippen molar-refractivity contribution in [3.05, 3.63) is 0 Å². The Morgan fingerprint density at radius 1 is 1.12 bits per heavy atom. The summed E-state index contributed by atoms with van der Waals surface area (Å²) in [5.41, 5.74) is 0. The van der Waals surface area contributed by atoms with E-state index in [0.717, 1.165) is 25.9 Å². The minimum atomic E-state index is 0.398. The highest BCUT2D eigenvalue weighted by Gasteiger charge is 2.22. The van der Waals surface area contributed by atoms with Gasteiger partial charge in [-0.15, -0.1) is 0 Å². The van der Waals surface area contributed by atoms with E-state index in [1.54, 1.807) is 0 Å². The average molecular weight is 238 g/mol. The molecule has 3 nitrogen and oxygen atoms in total. The highest BCUT2D eigenvalue weighted by atomic mass is 16.2. The van der Waals surface area contributed by atoms with Crippen LogP contribution in [0.5, 0.6) is 0 Å². The molecule has 2 fully saturated rings. The van der Waals surface area contributed by atoms with E-state index >= 15 is 0 Å². The summed E-state index contributed by atoms with van der Waals surface area (Å²) >= 11 is 0. The Hall–Kier alpha value is -0.570. The highest BCUT2D eigenvalue weighted by molar-refractivity contribution is 5.76. The van der Waals surface area contributed by atoms with Crippen LogP contribution < -0.4 is 0 Å². The third kappa shape index (κ3) is 3.98. The van der Waals surface area contributed by atoms with Crippen molar-refractivity contribution in [2.24, 2.45) is 5.92 Å². The molecule has 0 spiro atoms. The van der Waals surface area contributed by atoms with E-state index < -0.39 is 0 Å². The summed E-state index contributed by atoms with van der Waals surface area (Å²) in [6, 6.07) is 0. The van der Waals surface area contributed by atoms with Gasteiger partial charge in [0.15, 0.2) is 0 Å². The smallest absolute Gasteiger partial charge is 0.222 e. The van der Waals surface area contributed by atoms with Crippen molar-refractivity contribution in [1.82, 2.24) is 9.80 Å². The molecule has 2 heterocycles. The van der Waals surface area contributed by atoms with E-state index in [-0.39, 0.29) is 0 Å². The second-order valence-electron chi connectivity index (χ2n) is 5.77. The van der Waals surface area contributed by atoms with Gasteiger partial charge in [0.25, 0.3) is 0 Å². The van der Waals surface area contributed by atoms with Crippen LogP contribution in [0.3, 0.4) is 0 Å². The molecule has 1 unspecified atom stereocenters. The van der Waals surface area contributed by atoms with Gasteiger partial charge in [-0.1, -0.05) is 12.8 Å². The predicted molar refractivity (Wildman–Crippen MR) is 69.9 cm³/mol. The highest BCUT2D eigenvalue weighted by Crippen LogP contribution is 2.19. The van der Waals surface area contributed by atoms with Crippen LogP contribution in [0, 0.1) is 5.92 Å². The summed E-state index contributed by atoms with van der Waals surface area (Å²) in [4.78, 5) is 16.5. The first-order valence-corrected chi connectivity index (χ1v) is 7.22. The molecule has 2 aliphatic rings. The minimum absolute atomic E-state index is 0.398. The van der Waals surface area contributed by atoms with E-state index in [9.17, 15) is 4.79 Å². The standard InChI is InChI=1S/C14H26N2O/c1-15-9-6-4-7-13(11-15)12-16-10-5-2-3-8-14(16)17/h13H,2-12H2,1H3. The van der Waals surface area contributed by atoms with Crippen molar-refractivity contribution in [3.8, 4) is 0 Å². The van der Waals surface area contributed by atoms with Gasteiger partial charge in [0, 0.05) is 26.1 Å². The molecule has 2 saturated heterocycles. The molecule has 0 aromatic carbocycles. The number of likely N-dealkylation sites (tertiary alicyclic amines) is 2. The number of rotatable bonds is 2. The molecule has 0 N–H and O–H groups in total. The molecular formula is C14H26N2O. The van der Waals surface area contributed by atoms with E-state index in [1.807, 2.05) is 0 Å². The van der Waals surface area contributed by atoms with Gasteiger partial charge < -0.3 is 9.80 Å². The van der Waals surface area contributed by atoms with Crippen LogP contribution in [0.2, 0.25) is 0 Å². The lowest BCUT2D eigenvalue weighted by atomic mass is 10.0. The summed E-state index contributed by atoms with van der Waals surface area (Å²) in [7, 11) is 2.21. The van der Waals surface area contributed by atoms with Gasteiger partial charge in [-0.3, -0.25) is 4.79 Å². The molecule has 0 saturated carbocycles. The molecule has 98 valence electrons. The van der Waals surface area contributed by atoms with Crippen molar-refractivity contribution in [1.29, 1.82) is 0 Å². The maximum absolute atomic E-state index is 12.0. The van der Waals surface area contributed by atoms with Gasteiger partial charge in [0.2, 0.25) is 5.91 Å². The van der Waals surface area contributed by atoms with Gasteiger partial charge >= 0.3 is 0 Å². The maximum Gasteiger partial charge on any atom is 0.222 e. The van der Waals surface area contributed by atoms with Crippen LogP contribution in [-0.4, -0.2) is 48.9 Å². The van der Waals surface area contributed by atoms with Gasteiger partial charge in [-0.2, -0.15) is 0 Å². The van der Waals surface area contributed by atoms with Crippen molar-refractivity contribution in [2.75, 3.05) is 33.2 Å². The van der Waals surface area contributed by atoms with Crippen LogP contribution in [0.1, 0.15) is 44.9 Å². The van der Waals surface area contributed by atoms with Crippen molar-refractivity contribution >= 4 is 5.91 Å². The van der Waals surface area contributed by atoms with E-state index in [0.29, 0.717) is 11.8 Å². The molecule has 0 aliphatic carbocycles. The fraction of sp³-hybridized carbons (Fsp3) is 0.929. The van der Waals surface area contributed by atoms with E-state index in [4.69, 9.17) is 0 Å². The fourth-order valence-electron chi connectivity index (χ4n) is 3.13. The third-order valence-corrected chi connectivity index (χ3v) is 4.12. The van der Waals surface area contributed by atoms with Gasteiger partial charge in [0.1, 0.15) is 0 Å². The minimum Gasteiger partial charge on any atom is -0.342 e. The molecule has 3 heteroatoms. The Kier molecular flexibility index (Phi) is 4.84. The number of hydrogen-bond acceptors (Lipinski definition) is 2. The number of carbonyl (C=O) groups excluding carboxylic acids is 1. The zero-order valence-electron chi connectivity index (χ0n) is 11.2. The number of nitrogens with zero attached hydrogens (tertiary/aromatic N) is 2. The molecular weight excluding hydrogens is 212 g/mol. The third-order valence-electron chi connectivity index (χ3n) is 4.12. The molecule has 0 radical (unpaired) electrons. The summed E-state index contributed by atoms with van der Waals surface area (Å²) in [5.74, 6) is 1.10. The SMILES string of the molecule is CN1CCCCC(CN2CCCCCC2=O)C1. The molecule has 2 aliphatic heterocycles. The molecule has 1 atom stereocenters. The summed E-state index contributed by atoms with van der Waals surface area (Å²) in [6.45, 7) is 4.40. The zero-order valence-corrected chi connectivity index (χ0v) is 11.2. The second-order valence-corrected chi connectivity index (χ2v) is 5.77. The molecule has 0 aromatic heterocycles. The summed E-state index contributed by atoms with van der Waals surface area (Å²) in [6.07, 6.45) is 8.26. The van der Waals surface area contributed by atoms with E-state index in [1.165, 1.54) is 45.2 Å². The lowest BCUT2D eigenvalue weighted by Crippen LogP contribution is -2.38. The topological polar surface area (TPSA) is 23.6 Å². The average Bonchev–Trinajstić information content (AvgIpc) is 2.61. The normalized spacial score (nSPS) is 28.9. The molecule has 17 heavy (non-hydrogen) atoms. The first-order chi connectivity index (χ1) is 8.25. The fourth-order valence-corrected chi connectivity index (χ4v) is 3.13. The van der Waals surface area contributed by atoms with Crippen molar-refractivity contribution < 1.29 is 4.79 Å². The first kappa shape index (κ1) is 12.9. The van der Waals surface area contributed by atoms with Crippen LogP contribution in [-0.2, 0) is 4.79 Å². The monoisotopic (exact) mass is 238 g/mol. The maximum atomic E-state index is 12.0. The Morgan fingerprint density at radius 2 is 1.94 bits per heavy atom. The van der Waals surface area contributed by atoms with Gasteiger partial charge in [-0.05, 0) is 45.2 Å².